The van der Waals surface area contributed by atoms with Crippen LogP contribution in [0.4, 0.5) is 8.78 Å². The van der Waals surface area contributed by atoms with Crippen LogP contribution in [0, 0.1) is 11.6 Å². The third kappa shape index (κ3) is 3.67. The number of hydrogen-bond donors (Lipinski definition) is 1. The lowest BCUT2D eigenvalue weighted by molar-refractivity contribution is 0.385. The SMILES string of the molecule is COc1cc(Sc2cccc(F)c2C2CCNCC2)ccc1F. The molecule has 0 radical (unpaired) electrons. The van der Waals surface area contributed by atoms with E-state index in [0.717, 1.165) is 41.3 Å². The number of piperidine rings is 1. The molecule has 0 aliphatic carbocycles. The number of rotatable bonds is 4. The molecule has 1 aliphatic rings. The molecule has 0 saturated carbocycles. The maximum atomic E-state index is 14.4. The van der Waals surface area contributed by atoms with Crippen LogP contribution in [0.25, 0.3) is 0 Å². The summed E-state index contributed by atoms with van der Waals surface area (Å²) < 4.78 is 33.0. The molecule has 0 bridgehead atoms. The van der Waals surface area contributed by atoms with Crippen LogP contribution in [0.3, 0.4) is 0 Å². The quantitative estimate of drug-likeness (QED) is 0.883. The van der Waals surface area contributed by atoms with E-state index in [4.69, 9.17) is 4.74 Å². The summed E-state index contributed by atoms with van der Waals surface area (Å²) in [5.41, 5.74) is 0.780. The summed E-state index contributed by atoms with van der Waals surface area (Å²) in [5.74, 6) is -0.122. The van der Waals surface area contributed by atoms with Crippen LogP contribution in [0.5, 0.6) is 5.75 Å². The minimum absolute atomic E-state index is 0.157. The predicted molar refractivity (Wildman–Crippen MR) is 88.3 cm³/mol. The molecule has 1 fully saturated rings. The second-order valence-corrected chi connectivity index (χ2v) is 6.69. The molecule has 3 rings (SSSR count). The number of nitrogens with one attached hydrogen (secondary N) is 1. The Balaban J connectivity index is 1.92. The van der Waals surface area contributed by atoms with Gasteiger partial charge in [-0.3, -0.25) is 0 Å². The molecule has 2 aromatic rings. The van der Waals surface area contributed by atoms with Crippen LogP contribution in [0.2, 0.25) is 0 Å². The van der Waals surface area contributed by atoms with Crippen molar-refractivity contribution in [2.75, 3.05) is 20.2 Å². The fourth-order valence-electron chi connectivity index (χ4n) is 2.94. The first kappa shape index (κ1) is 16.3. The molecule has 0 spiro atoms. The Morgan fingerprint density at radius 1 is 1.09 bits per heavy atom. The molecule has 0 atom stereocenters. The van der Waals surface area contributed by atoms with Gasteiger partial charge in [0.2, 0.25) is 0 Å². The average molecular weight is 335 g/mol. The van der Waals surface area contributed by atoms with Crippen molar-refractivity contribution < 1.29 is 13.5 Å². The highest BCUT2D eigenvalue weighted by Crippen LogP contribution is 2.39. The standard InChI is InChI=1S/C18H19F2NOS/c1-22-16-11-13(5-6-14(16)19)23-17-4-2-3-15(20)18(17)12-7-9-21-10-8-12/h2-6,11-12,21H,7-10H2,1H3. The third-order valence-corrected chi connectivity index (χ3v) is 5.18. The van der Waals surface area contributed by atoms with Gasteiger partial charge in [0.15, 0.2) is 11.6 Å². The van der Waals surface area contributed by atoms with E-state index in [0.29, 0.717) is 0 Å². The monoisotopic (exact) mass is 335 g/mol. The predicted octanol–water partition coefficient (Wildman–Crippen LogP) is 4.59. The minimum atomic E-state index is -0.394. The maximum absolute atomic E-state index is 14.4. The van der Waals surface area contributed by atoms with E-state index >= 15 is 0 Å². The fraction of sp³-hybridized carbons (Fsp3) is 0.333. The van der Waals surface area contributed by atoms with Crippen LogP contribution in [-0.2, 0) is 0 Å². The van der Waals surface area contributed by atoms with Crippen molar-refractivity contribution in [3.8, 4) is 5.75 Å². The fourth-order valence-corrected chi connectivity index (χ4v) is 4.02. The van der Waals surface area contributed by atoms with Crippen molar-refractivity contribution in [3.63, 3.8) is 0 Å². The summed E-state index contributed by atoms with van der Waals surface area (Å²) in [6, 6.07) is 9.90. The van der Waals surface area contributed by atoms with Crippen molar-refractivity contribution in [1.29, 1.82) is 0 Å². The average Bonchev–Trinajstić information content (AvgIpc) is 2.57. The van der Waals surface area contributed by atoms with E-state index < -0.39 is 5.82 Å². The van der Waals surface area contributed by atoms with Gasteiger partial charge >= 0.3 is 0 Å². The van der Waals surface area contributed by atoms with E-state index in [2.05, 4.69) is 5.32 Å². The Hall–Kier alpha value is -1.59. The number of halogens is 2. The van der Waals surface area contributed by atoms with Gasteiger partial charge in [-0.1, -0.05) is 17.8 Å². The highest BCUT2D eigenvalue weighted by molar-refractivity contribution is 7.99. The van der Waals surface area contributed by atoms with Gasteiger partial charge in [0.05, 0.1) is 7.11 Å². The Kier molecular flexibility index (Phi) is 5.18. The van der Waals surface area contributed by atoms with E-state index in [1.807, 2.05) is 6.07 Å². The van der Waals surface area contributed by atoms with E-state index in [9.17, 15) is 8.78 Å². The van der Waals surface area contributed by atoms with Gasteiger partial charge < -0.3 is 10.1 Å². The molecule has 1 saturated heterocycles. The zero-order valence-corrected chi connectivity index (χ0v) is 13.8. The van der Waals surface area contributed by atoms with Crippen molar-refractivity contribution in [3.05, 3.63) is 53.6 Å². The molecule has 2 nitrogen and oxygen atoms in total. The first-order valence-electron chi connectivity index (χ1n) is 7.69. The number of ether oxygens (including phenoxy) is 1. The van der Waals surface area contributed by atoms with E-state index in [1.165, 1.54) is 31.0 Å². The second kappa shape index (κ2) is 7.32. The summed E-state index contributed by atoms with van der Waals surface area (Å²) in [4.78, 5) is 1.73. The third-order valence-electron chi connectivity index (χ3n) is 4.11. The first-order chi connectivity index (χ1) is 11.2. The van der Waals surface area contributed by atoms with Gasteiger partial charge in [0.25, 0.3) is 0 Å². The summed E-state index contributed by atoms with van der Waals surface area (Å²) in [6.45, 7) is 1.82. The molecular formula is C18H19F2NOS. The smallest absolute Gasteiger partial charge is 0.165 e. The van der Waals surface area contributed by atoms with Gasteiger partial charge in [-0.05, 0) is 62.2 Å². The first-order valence-corrected chi connectivity index (χ1v) is 8.51. The Morgan fingerprint density at radius 3 is 2.61 bits per heavy atom. The number of hydrogen-bond acceptors (Lipinski definition) is 3. The van der Waals surface area contributed by atoms with Crippen molar-refractivity contribution in [2.45, 2.75) is 28.6 Å². The summed E-state index contributed by atoms with van der Waals surface area (Å²) >= 11 is 1.45. The van der Waals surface area contributed by atoms with Crippen molar-refractivity contribution >= 4 is 11.8 Å². The highest BCUT2D eigenvalue weighted by atomic mass is 32.2. The Morgan fingerprint density at radius 2 is 1.87 bits per heavy atom. The van der Waals surface area contributed by atoms with Gasteiger partial charge in [-0.2, -0.15) is 0 Å². The second-order valence-electron chi connectivity index (χ2n) is 5.57. The van der Waals surface area contributed by atoms with Gasteiger partial charge in [0, 0.05) is 15.4 Å². The lowest BCUT2D eigenvalue weighted by Gasteiger charge is -2.25. The molecule has 0 amide bonds. The topological polar surface area (TPSA) is 21.3 Å². The highest BCUT2D eigenvalue weighted by Gasteiger charge is 2.22. The maximum Gasteiger partial charge on any atom is 0.165 e. The molecule has 1 aliphatic heterocycles. The van der Waals surface area contributed by atoms with Crippen molar-refractivity contribution in [1.82, 2.24) is 5.32 Å². The summed E-state index contributed by atoms with van der Waals surface area (Å²) in [7, 11) is 1.44. The Bertz CT molecular complexity index is 687. The molecule has 23 heavy (non-hydrogen) atoms. The molecular weight excluding hydrogens is 316 g/mol. The van der Waals surface area contributed by atoms with Crippen LogP contribution in [-0.4, -0.2) is 20.2 Å². The number of benzene rings is 2. The molecule has 5 heteroatoms. The van der Waals surface area contributed by atoms with Crippen LogP contribution in [0.15, 0.2) is 46.2 Å². The van der Waals surface area contributed by atoms with Crippen LogP contribution in [0.1, 0.15) is 24.3 Å². The zero-order valence-electron chi connectivity index (χ0n) is 12.9. The van der Waals surface area contributed by atoms with E-state index in [1.54, 1.807) is 18.2 Å². The van der Waals surface area contributed by atoms with Crippen LogP contribution >= 0.6 is 11.8 Å². The number of methoxy groups -OCH3 is 1. The largest absolute Gasteiger partial charge is 0.494 e. The molecule has 2 aromatic carbocycles. The lowest BCUT2D eigenvalue weighted by atomic mass is 9.90. The Labute approximate surface area is 139 Å². The normalized spacial score (nSPS) is 15.6. The zero-order chi connectivity index (χ0) is 16.2. The molecule has 0 aromatic heterocycles. The van der Waals surface area contributed by atoms with E-state index in [-0.39, 0.29) is 17.5 Å². The van der Waals surface area contributed by atoms with Crippen LogP contribution < -0.4 is 10.1 Å². The minimum Gasteiger partial charge on any atom is -0.494 e. The molecule has 1 heterocycles. The lowest BCUT2D eigenvalue weighted by Crippen LogP contribution is -2.27. The summed E-state index contributed by atoms with van der Waals surface area (Å²) in [5, 5.41) is 3.31. The van der Waals surface area contributed by atoms with Gasteiger partial charge in [-0.25, -0.2) is 8.78 Å². The van der Waals surface area contributed by atoms with Crippen molar-refractivity contribution in [2.24, 2.45) is 0 Å². The van der Waals surface area contributed by atoms with Gasteiger partial charge in [-0.15, -0.1) is 0 Å². The van der Waals surface area contributed by atoms with Gasteiger partial charge in [0.1, 0.15) is 5.82 Å². The molecule has 1 N–H and O–H groups in total. The molecule has 0 unspecified atom stereocenters. The summed E-state index contributed by atoms with van der Waals surface area (Å²) in [6.07, 6.45) is 1.86. The molecule has 122 valence electrons.